The van der Waals surface area contributed by atoms with Gasteiger partial charge in [0.15, 0.2) is 0 Å². The Hall–Kier alpha value is -1.45. The number of rotatable bonds is 5. The Kier molecular flexibility index (Phi) is 3.94. The van der Waals surface area contributed by atoms with Crippen molar-refractivity contribution in [1.82, 2.24) is 10.2 Å². The molecule has 1 atom stereocenters. The minimum Gasteiger partial charge on any atom is -0.399 e. The smallest absolute Gasteiger partial charge is 0.222 e. The van der Waals surface area contributed by atoms with Crippen LogP contribution in [0.1, 0.15) is 25.7 Å². The summed E-state index contributed by atoms with van der Waals surface area (Å²) in [6, 6.07) is 0. The highest BCUT2D eigenvalue weighted by Crippen LogP contribution is 2.34. The lowest BCUT2D eigenvalue weighted by Gasteiger charge is -2.18. The molecule has 1 heterocycles. The van der Waals surface area contributed by atoms with Gasteiger partial charge in [-0.15, -0.1) is 0 Å². The molecule has 0 radical (unpaired) electrons. The second-order valence-electron chi connectivity index (χ2n) is 5.40. The van der Waals surface area contributed by atoms with Gasteiger partial charge in [0.1, 0.15) is 0 Å². The van der Waals surface area contributed by atoms with Gasteiger partial charge in [0, 0.05) is 43.9 Å². The van der Waals surface area contributed by atoms with Crippen molar-refractivity contribution < 1.29 is 4.79 Å². The van der Waals surface area contributed by atoms with Crippen LogP contribution >= 0.6 is 0 Å². The fourth-order valence-corrected chi connectivity index (χ4v) is 2.53. The molecular weight excluding hydrogens is 226 g/mol. The first-order valence-corrected chi connectivity index (χ1v) is 6.71. The monoisotopic (exact) mass is 249 g/mol. The Morgan fingerprint density at radius 3 is 2.78 bits per heavy atom. The van der Waals surface area contributed by atoms with Crippen LogP contribution in [0.2, 0.25) is 0 Å². The van der Waals surface area contributed by atoms with Gasteiger partial charge in [0.25, 0.3) is 0 Å². The third kappa shape index (κ3) is 3.28. The molecule has 0 aromatic rings. The van der Waals surface area contributed by atoms with Gasteiger partial charge < -0.3 is 16.0 Å². The third-order valence-electron chi connectivity index (χ3n) is 3.77. The van der Waals surface area contributed by atoms with Crippen LogP contribution in [0, 0.1) is 11.8 Å². The van der Waals surface area contributed by atoms with Crippen molar-refractivity contribution in [3.8, 4) is 0 Å². The number of carbonyl (C=O) groups excluding carboxylic acids is 1. The zero-order chi connectivity index (χ0) is 13.1. The zero-order valence-corrected chi connectivity index (χ0v) is 11.1. The molecule has 1 saturated heterocycles. The molecule has 2 fully saturated rings. The largest absolute Gasteiger partial charge is 0.399 e. The fourth-order valence-electron chi connectivity index (χ4n) is 2.53. The number of nitrogens with one attached hydrogen (secondary N) is 1. The number of likely N-dealkylation sites (tertiary alicyclic amines) is 1. The first kappa shape index (κ1) is 13.0. The van der Waals surface area contributed by atoms with E-state index in [1.807, 2.05) is 18.0 Å². The van der Waals surface area contributed by atoms with E-state index >= 15 is 0 Å². The number of hydrogen-bond acceptors (Lipinski definition) is 3. The van der Waals surface area contributed by atoms with Gasteiger partial charge in [-0.05, 0) is 31.3 Å². The van der Waals surface area contributed by atoms with Gasteiger partial charge in [-0.2, -0.15) is 0 Å². The first-order valence-electron chi connectivity index (χ1n) is 6.71. The maximum Gasteiger partial charge on any atom is 0.222 e. The SMILES string of the molecule is C=C(N)/C=C(\NC)C1CCN(C(=O)CC2CC2)C1. The highest BCUT2D eigenvalue weighted by Gasteiger charge is 2.32. The van der Waals surface area contributed by atoms with Gasteiger partial charge >= 0.3 is 0 Å². The molecule has 4 heteroatoms. The van der Waals surface area contributed by atoms with Crippen LogP contribution in [0.4, 0.5) is 0 Å². The molecule has 0 spiro atoms. The second kappa shape index (κ2) is 5.46. The maximum atomic E-state index is 12.0. The van der Waals surface area contributed by atoms with Gasteiger partial charge in [0.05, 0.1) is 0 Å². The van der Waals surface area contributed by atoms with E-state index < -0.39 is 0 Å². The van der Waals surface area contributed by atoms with Crippen molar-refractivity contribution in [2.75, 3.05) is 20.1 Å². The van der Waals surface area contributed by atoms with Gasteiger partial charge in [-0.3, -0.25) is 4.79 Å². The molecule has 0 aromatic heterocycles. The van der Waals surface area contributed by atoms with Gasteiger partial charge in [-0.25, -0.2) is 0 Å². The van der Waals surface area contributed by atoms with E-state index in [-0.39, 0.29) is 0 Å². The van der Waals surface area contributed by atoms with Crippen molar-refractivity contribution in [3.63, 3.8) is 0 Å². The van der Waals surface area contributed by atoms with Crippen molar-refractivity contribution in [1.29, 1.82) is 0 Å². The topological polar surface area (TPSA) is 58.4 Å². The fraction of sp³-hybridized carbons (Fsp3) is 0.643. The van der Waals surface area contributed by atoms with Crippen LogP contribution in [0.15, 0.2) is 24.0 Å². The summed E-state index contributed by atoms with van der Waals surface area (Å²) in [5.74, 6) is 1.36. The lowest BCUT2D eigenvalue weighted by atomic mass is 10.0. The Morgan fingerprint density at radius 2 is 2.22 bits per heavy atom. The molecule has 1 aliphatic heterocycles. The Morgan fingerprint density at radius 1 is 1.50 bits per heavy atom. The molecule has 1 saturated carbocycles. The lowest BCUT2D eigenvalue weighted by Crippen LogP contribution is -2.30. The minimum atomic E-state index is 0.321. The quantitative estimate of drug-likeness (QED) is 0.720. The summed E-state index contributed by atoms with van der Waals surface area (Å²) in [6.07, 6.45) is 6.10. The number of amides is 1. The van der Waals surface area contributed by atoms with Crippen molar-refractivity contribution in [2.24, 2.45) is 17.6 Å². The Balaban J connectivity index is 1.89. The zero-order valence-electron chi connectivity index (χ0n) is 11.1. The molecule has 0 bridgehead atoms. The highest BCUT2D eigenvalue weighted by atomic mass is 16.2. The second-order valence-corrected chi connectivity index (χ2v) is 5.40. The van der Waals surface area contributed by atoms with Crippen LogP contribution < -0.4 is 11.1 Å². The van der Waals surface area contributed by atoms with Crippen LogP contribution in [0.3, 0.4) is 0 Å². The van der Waals surface area contributed by atoms with Crippen molar-refractivity contribution >= 4 is 5.91 Å². The molecule has 100 valence electrons. The van der Waals surface area contributed by atoms with Crippen LogP contribution in [0.25, 0.3) is 0 Å². The predicted molar refractivity (Wildman–Crippen MR) is 72.5 cm³/mol. The number of nitrogens with two attached hydrogens (primary N) is 1. The van der Waals surface area contributed by atoms with Crippen molar-refractivity contribution in [3.05, 3.63) is 24.0 Å². The van der Waals surface area contributed by atoms with E-state index in [2.05, 4.69) is 11.9 Å². The lowest BCUT2D eigenvalue weighted by molar-refractivity contribution is -0.130. The number of allylic oxidation sites excluding steroid dienone is 1. The molecule has 1 unspecified atom stereocenters. The molecule has 1 amide bonds. The first-order chi connectivity index (χ1) is 8.60. The van der Waals surface area contributed by atoms with Gasteiger partial charge in [-0.1, -0.05) is 6.58 Å². The van der Waals surface area contributed by atoms with Gasteiger partial charge in [0.2, 0.25) is 5.91 Å². The summed E-state index contributed by atoms with van der Waals surface area (Å²) in [5, 5.41) is 3.17. The van der Waals surface area contributed by atoms with Crippen molar-refractivity contribution in [2.45, 2.75) is 25.7 Å². The normalized spacial score (nSPS) is 24.2. The summed E-state index contributed by atoms with van der Waals surface area (Å²) in [7, 11) is 1.89. The molecule has 2 rings (SSSR count). The van der Waals surface area contributed by atoms with Crippen LogP contribution in [-0.2, 0) is 4.79 Å². The summed E-state index contributed by atoms with van der Waals surface area (Å²) in [4.78, 5) is 14.0. The minimum absolute atomic E-state index is 0.321. The third-order valence-corrected chi connectivity index (χ3v) is 3.77. The standard InChI is InChI=1S/C14H23N3O/c1-10(15)7-13(16-2)12-5-6-17(9-12)14(18)8-11-3-4-11/h7,11-12,16H,1,3-6,8-9,15H2,2H3/b13-7-. The van der Waals surface area contributed by atoms with E-state index in [1.165, 1.54) is 12.8 Å². The summed E-state index contributed by atoms with van der Waals surface area (Å²) >= 11 is 0. The molecule has 2 aliphatic rings. The molecule has 0 aromatic carbocycles. The van der Waals surface area contributed by atoms with E-state index in [4.69, 9.17) is 5.73 Å². The maximum absolute atomic E-state index is 12.0. The Bertz CT molecular complexity index is 371. The molecule has 3 N–H and O–H groups in total. The van der Waals surface area contributed by atoms with E-state index in [0.29, 0.717) is 23.4 Å². The molecule has 18 heavy (non-hydrogen) atoms. The number of carbonyl (C=O) groups is 1. The number of nitrogens with zero attached hydrogens (tertiary/aromatic N) is 1. The van der Waals surface area contributed by atoms with Crippen LogP contribution in [0.5, 0.6) is 0 Å². The highest BCUT2D eigenvalue weighted by molar-refractivity contribution is 5.77. The van der Waals surface area contributed by atoms with E-state index in [0.717, 1.165) is 31.6 Å². The number of hydrogen-bond donors (Lipinski definition) is 2. The average Bonchev–Trinajstić information content (AvgIpc) is 2.99. The average molecular weight is 249 g/mol. The molecule has 1 aliphatic carbocycles. The van der Waals surface area contributed by atoms with Crippen LogP contribution in [-0.4, -0.2) is 30.9 Å². The molecular formula is C14H23N3O. The summed E-state index contributed by atoms with van der Waals surface area (Å²) in [5.41, 5.74) is 7.26. The predicted octanol–water partition coefficient (Wildman–Crippen LogP) is 1.21. The van der Waals surface area contributed by atoms with E-state index in [1.54, 1.807) is 0 Å². The van der Waals surface area contributed by atoms with E-state index in [9.17, 15) is 4.79 Å². The Labute approximate surface area is 109 Å². The summed E-state index contributed by atoms with van der Waals surface area (Å²) in [6.45, 7) is 5.38. The molecule has 4 nitrogen and oxygen atoms in total. The summed E-state index contributed by atoms with van der Waals surface area (Å²) < 4.78 is 0.